The van der Waals surface area contributed by atoms with Gasteiger partial charge in [0.2, 0.25) is 0 Å². The third-order valence-corrected chi connectivity index (χ3v) is 3.91. The van der Waals surface area contributed by atoms with Crippen LogP contribution < -0.4 is 25.6 Å². The Morgan fingerprint density at radius 2 is 1.56 bits per heavy atom. The topological polar surface area (TPSA) is 79.9 Å². The molecule has 25 heavy (non-hydrogen) atoms. The monoisotopic (exact) mass is 343 g/mol. The molecule has 0 atom stereocenters. The first-order valence-corrected chi connectivity index (χ1v) is 7.50. The Kier molecular flexibility index (Phi) is 4.47. The summed E-state index contributed by atoms with van der Waals surface area (Å²) in [6, 6.07) is 10.4. The fourth-order valence-electron chi connectivity index (χ4n) is 2.61. The molecular formula is C18H17NO6. The van der Waals surface area contributed by atoms with Gasteiger partial charge < -0.3 is 18.6 Å². The maximum Gasteiger partial charge on any atom is 0.422 e. The molecule has 3 aromatic rings. The summed E-state index contributed by atoms with van der Waals surface area (Å²) in [7, 11) is 4.54. The molecule has 0 amide bonds. The summed E-state index contributed by atoms with van der Waals surface area (Å²) < 4.78 is 21.8. The Balaban J connectivity index is 2.19. The Bertz CT molecular complexity index is 1020. The van der Waals surface area contributed by atoms with Gasteiger partial charge in [0.25, 0.3) is 0 Å². The van der Waals surface area contributed by atoms with Crippen LogP contribution in [0.5, 0.6) is 17.2 Å². The van der Waals surface area contributed by atoms with Gasteiger partial charge in [-0.1, -0.05) is 12.1 Å². The summed E-state index contributed by atoms with van der Waals surface area (Å²) >= 11 is 0. The SMILES string of the molecule is COc1ccc(Cn2c(=O)oc(=O)c3cc(OC)c(OC)cc32)cc1. The van der Waals surface area contributed by atoms with Crippen LogP contribution >= 0.6 is 0 Å². The van der Waals surface area contributed by atoms with Crippen molar-refractivity contribution in [2.24, 2.45) is 0 Å². The minimum Gasteiger partial charge on any atom is -0.497 e. The fraction of sp³-hybridized carbons (Fsp3) is 0.222. The maximum absolute atomic E-state index is 12.2. The third kappa shape index (κ3) is 3.08. The largest absolute Gasteiger partial charge is 0.497 e. The molecule has 0 N–H and O–H groups in total. The molecule has 7 nitrogen and oxygen atoms in total. The van der Waals surface area contributed by atoms with Crippen LogP contribution in [-0.2, 0) is 6.54 Å². The van der Waals surface area contributed by atoms with Gasteiger partial charge in [0.05, 0.1) is 38.8 Å². The van der Waals surface area contributed by atoms with Crippen molar-refractivity contribution >= 4 is 10.9 Å². The first-order valence-electron chi connectivity index (χ1n) is 7.50. The summed E-state index contributed by atoms with van der Waals surface area (Å²) in [5, 5.41) is 0.241. The van der Waals surface area contributed by atoms with Crippen LogP contribution in [0.3, 0.4) is 0 Å². The molecule has 1 heterocycles. The van der Waals surface area contributed by atoms with Crippen molar-refractivity contribution < 1.29 is 18.6 Å². The van der Waals surface area contributed by atoms with E-state index >= 15 is 0 Å². The Labute approximate surface area is 143 Å². The lowest BCUT2D eigenvalue weighted by atomic mass is 10.2. The zero-order valence-electron chi connectivity index (χ0n) is 14.1. The number of methoxy groups -OCH3 is 3. The normalized spacial score (nSPS) is 10.7. The highest BCUT2D eigenvalue weighted by atomic mass is 16.5. The van der Waals surface area contributed by atoms with Gasteiger partial charge >= 0.3 is 11.4 Å². The molecule has 0 spiro atoms. The molecule has 0 saturated heterocycles. The van der Waals surface area contributed by atoms with Gasteiger partial charge in [-0.2, -0.15) is 0 Å². The van der Waals surface area contributed by atoms with Crippen LogP contribution in [0.1, 0.15) is 5.56 Å². The van der Waals surface area contributed by atoms with Crippen LogP contribution in [0.4, 0.5) is 0 Å². The highest BCUT2D eigenvalue weighted by Crippen LogP contribution is 2.30. The highest BCUT2D eigenvalue weighted by Gasteiger charge is 2.15. The minimum absolute atomic E-state index is 0.235. The molecule has 0 radical (unpaired) electrons. The van der Waals surface area contributed by atoms with Gasteiger partial charge in [-0.3, -0.25) is 4.57 Å². The van der Waals surface area contributed by atoms with Crippen molar-refractivity contribution in [3.8, 4) is 17.2 Å². The van der Waals surface area contributed by atoms with Gasteiger partial charge in [-0.25, -0.2) is 9.59 Å². The van der Waals surface area contributed by atoms with Crippen molar-refractivity contribution in [3.05, 3.63) is 62.9 Å². The van der Waals surface area contributed by atoms with Gasteiger partial charge in [-0.05, 0) is 17.7 Å². The first kappa shape index (κ1) is 16.6. The molecule has 130 valence electrons. The molecule has 0 fully saturated rings. The first-order chi connectivity index (χ1) is 12.1. The number of rotatable bonds is 5. The van der Waals surface area contributed by atoms with Crippen LogP contribution in [0.2, 0.25) is 0 Å². The van der Waals surface area contributed by atoms with Crippen molar-refractivity contribution in [1.29, 1.82) is 0 Å². The predicted octanol–water partition coefficient (Wildman–Crippen LogP) is 2.03. The Morgan fingerprint density at radius 3 is 2.16 bits per heavy atom. The standard InChI is InChI=1S/C18H17NO6/c1-22-12-6-4-11(5-7-12)10-19-14-9-16(24-3)15(23-2)8-13(14)17(20)25-18(19)21/h4-9H,10H2,1-3H3. The van der Waals surface area contributed by atoms with Crippen LogP contribution in [-0.4, -0.2) is 25.9 Å². The second-order valence-corrected chi connectivity index (χ2v) is 5.31. The predicted molar refractivity (Wildman–Crippen MR) is 91.9 cm³/mol. The minimum atomic E-state index is -0.736. The van der Waals surface area contributed by atoms with Gasteiger partial charge in [-0.15, -0.1) is 0 Å². The summed E-state index contributed by atoms with van der Waals surface area (Å²) in [6.07, 6.45) is 0. The lowest BCUT2D eigenvalue weighted by molar-refractivity contribution is 0.354. The number of hydrogen-bond donors (Lipinski definition) is 0. The molecule has 1 aromatic heterocycles. The number of fused-ring (bicyclic) bond motifs is 1. The molecule has 3 rings (SSSR count). The molecule has 0 bridgehead atoms. The molecule has 0 aliphatic rings. The van der Waals surface area contributed by atoms with Crippen molar-refractivity contribution in [1.82, 2.24) is 4.57 Å². The Morgan fingerprint density at radius 1 is 0.920 bits per heavy atom. The summed E-state index contributed by atoms with van der Waals surface area (Å²) in [5.41, 5.74) is 0.550. The van der Waals surface area contributed by atoms with E-state index in [0.717, 1.165) is 5.56 Å². The van der Waals surface area contributed by atoms with E-state index in [4.69, 9.17) is 18.6 Å². The number of nitrogens with zero attached hydrogens (tertiary/aromatic N) is 1. The fourth-order valence-corrected chi connectivity index (χ4v) is 2.61. The lowest BCUT2D eigenvalue weighted by Crippen LogP contribution is -2.25. The van der Waals surface area contributed by atoms with Crippen LogP contribution in [0.25, 0.3) is 10.9 Å². The number of ether oxygens (including phenoxy) is 3. The summed E-state index contributed by atoms with van der Waals surface area (Å²) in [5.74, 6) is 0.785. The molecule has 0 saturated carbocycles. The Hall–Kier alpha value is -3.22. The quantitative estimate of drug-likeness (QED) is 0.705. The molecular weight excluding hydrogens is 326 g/mol. The zero-order chi connectivity index (χ0) is 18.0. The average molecular weight is 343 g/mol. The van der Waals surface area contributed by atoms with E-state index in [2.05, 4.69) is 0 Å². The van der Waals surface area contributed by atoms with E-state index in [1.54, 1.807) is 25.3 Å². The third-order valence-electron chi connectivity index (χ3n) is 3.91. The molecule has 7 heteroatoms. The number of benzene rings is 2. The molecule has 2 aromatic carbocycles. The zero-order valence-corrected chi connectivity index (χ0v) is 14.1. The molecule has 0 aliphatic heterocycles. The van der Waals surface area contributed by atoms with E-state index in [1.165, 1.54) is 24.9 Å². The van der Waals surface area contributed by atoms with Crippen molar-refractivity contribution in [3.63, 3.8) is 0 Å². The molecule has 0 unspecified atom stereocenters. The lowest BCUT2D eigenvalue weighted by Gasteiger charge is -2.12. The second-order valence-electron chi connectivity index (χ2n) is 5.31. The molecule has 0 aliphatic carbocycles. The van der Waals surface area contributed by atoms with Gasteiger partial charge in [0.15, 0.2) is 11.5 Å². The van der Waals surface area contributed by atoms with Crippen LogP contribution in [0.15, 0.2) is 50.4 Å². The maximum atomic E-state index is 12.2. The van der Waals surface area contributed by atoms with Crippen molar-refractivity contribution in [2.45, 2.75) is 6.54 Å². The highest BCUT2D eigenvalue weighted by molar-refractivity contribution is 5.82. The summed E-state index contributed by atoms with van der Waals surface area (Å²) in [6.45, 7) is 0.235. The van der Waals surface area contributed by atoms with E-state index in [0.29, 0.717) is 22.8 Å². The van der Waals surface area contributed by atoms with E-state index in [-0.39, 0.29) is 11.9 Å². The average Bonchev–Trinajstić information content (AvgIpc) is 2.64. The van der Waals surface area contributed by atoms with E-state index in [9.17, 15) is 9.59 Å². The smallest absolute Gasteiger partial charge is 0.422 e. The van der Waals surface area contributed by atoms with Crippen molar-refractivity contribution in [2.75, 3.05) is 21.3 Å². The second kappa shape index (κ2) is 6.72. The van der Waals surface area contributed by atoms with Gasteiger partial charge in [0, 0.05) is 12.1 Å². The van der Waals surface area contributed by atoms with Crippen LogP contribution in [0, 0.1) is 0 Å². The van der Waals surface area contributed by atoms with E-state index in [1.807, 2.05) is 12.1 Å². The number of hydrogen-bond acceptors (Lipinski definition) is 6. The van der Waals surface area contributed by atoms with Gasteiger partial charge in [0.1, 0.15) is 5.75 Å². The number of aromatic nitrogens is 1. The summed E-state index contributed by atoms with van der Waals surface area (Å²) in [4.78, 5) is 24.3. The van der Waals surface area contributed by atoms with E-state index < -0.39 is 11.4 Å².